The van der Waals surface area contributed by atoms with Crippen LogP contribution in [-0.4, -0.2) is 5.97 Å². The molecule has 0 saturated heterocycles. The molecule has 0 aliphatic heterocycles. The first-order chi connectivity index (χ1) is 13.6. The molecule has 4 heteroatoms. The van der Waals surface area contributed by atoms with Crippen LogP contribution in [-0.2, 0) is 4.79 Å². The number of hydrogen-bond donors (Lipinski definition) is 0. The molecule has 28 heavy (non-hydrogen) atoms. The minimum atomic E-state index is -0.555. The van der Waals surface area contributed by atoms with Gasteiger partial charge in [-0.2, -0.15) is 0 Å². The maximum Gasteiger partial charge on any atom is 0.314 e. The Hall–Kier alpha value is -1.09. The SMILES string of the molecule is CCCCC[C@H]1CC[C@H](C2CCC(C(=O)Oc3ccc(Cl)c(F)c3)CC2)CC1. The van der Waals surface area contributed by atoms with Crippen LogP contribution in [0.1, 0.15) is 84.0 Å². The summed E-state index contributed by atoms with van der Waals surface area (Å²) < 4.78 is 18.9. The van der Waals surface area contributed by atoms with E-state index in [1.807, 2.05) is 0 Å². The van der Waals surface area contributed by atoms with Gasteiger partial charge in [0.1, 0.15) is 11.6 Å². The average molecular weight is 409 g/mol. The lowest BCUT2D eigenvalue weighted by Gasteiger charge is -2.37. The van der Waals surface area contributed by atoms with Crippen molar-refractivity contribution >= 4 is 17.6 Å². The zero-order valence-electron chi connectivity index (χ0n) is 17.1. The molecule has 1 aromatic carbocycles. The average Bonchev–Trinajstić information content (AvgIpc) is 2.72. The molecule has 3 rings (SSSR count). The van der Waals surface area contributed by atoms with Gasteiger partial charge in [0, 0.05) is 6.07 Å². The zero-order chi connectivity index (χ0) is 19.9. The fraction of sp³-hybridized carbons (Fsp3) is 0.708. The molecule has 1 aromatic rings. The second-order valence-corrected chi connectivity index (χ2v) is 9.29. The summed E-state index contributed by atoms with van der Waals surface area (Å²) in [6, 6.07) is 4.16. The highest BCUT2D eigenvalue weighted by molar-refractivity contribution is 6.30. The number of hydrogen-bond acceptors (Lipinski definition) is 2. The van der Waals surface area contributed by atoms with Crippen molar-refractivity contribution in [3.8, 4) is 5.75 Å². The lowest BCUT2D eigenvalue weighted by atomic mass is 9.68. The summed E-state index contributed by atoms with van der Waals surface area (Å²) in [6.45, 7) is 2.27. The van der Waals surface area contributed by atoms with Gasteiger partial charge in [0.15, 0.2) is 0 Å². The molecule has 0 spiro atoms. The number of carbonyl (C=O) groups is 1. The molecule has 2 saturated carbocycles. The zero-order valence-corrected chi connectivity index (χ0v) is 17.9. The molecule has 0 amide bonds. The van der Waals surface area contributed by atoms with Crippen LogP contribution in [0.4, 0.5) is 4.39 Å². The molecule has 0 unspecified atom stereocenters. The fourth-order valence-electron chi connectivity index (χ4n) is 5.20. The molecule has 0 atom stereocenters. The van der Waals surface area contributed by atoms with E-state index in [2.05, 4.69) is 6.92 Å². The molecular weight excluding hydrogens is 375 g/mol. The molecule has 0 bridgehead atoms. The number of unbranched alkanes of at least 4 members (excludes halogenated alkanes) is 2. The molecule has 2 aliphatic carbocycles. The number of rotatable bonds is 7. The predicted molar refractivity (Wildman–Crippen MR) is 112 cm³/mol. The topological polar surface area (TPSA) is 26.3 Å². The Morgan fingerprint density at radius 2 is 1.68 bits per heavy atom. The standard InChI is InChI=1S/C24H34ClFO2/c1-2-3-4-5-17-6-8-18(9-7-17)19-10-12-20(13-11-19)24(27)28-21-14-15-22(25)23(26)16-21/h14-20H,2-13H2,1H3/t17-,18-,19?,20?. The van der Waals surface area contributed by atoms with Crippen molar-refractivity contribution in [1.82, 2.24) is 0 Å². The Balaban J connectivity index is 1.39. The van der Waals surface area contributed by atoms with Crippen molar-refractivity contribution in [3.05, 3.63) is 29.0 Å². The van der Waals surface area contributed by atoms with Crippen LogP contribution in [0.2, 0.25) is 5.02 Å². The molecule has 156 valence electrons. The largest absolute Gasteiger partial charge is 0.426 e. The second-order valence-electron chi connectivity index (χ2n) is 8.89. The van der Waals surface area contributed by atoms with E-state index in [-0.39, 0.29) is 22.7 Å². The Morgan fingerprint density at radius 3 is 2.29 bits per heavy atom. The van der Waals surface area contributed by atoms with E-state index >= 15 is 0 Å². The van der Waals surface area contributed by atoms with Gasteiger partial charge in [0.05, 0.1) is 10.9 Å². The van der Waals surface area contributed by atoms with Gasteiger partial charge in [-0.05, 0) is 68.4 Å². The highest BCUT2D eigenvalue weighted by Crippen LogP contribution is 2.42. The normalized spacial score (nSPS) is 28.1. The quantitative estimate of drug-likeness (QED) is 0.264. The van der Waals surface area contributed by atoms with Gasteiger partial charge in [-0.3, -0.25) is 4.79 Å². The van der Waals surface area contributed by atoms with Crippen LogP contribution in [0.15, 0.2) is 18.2 Å². The van der Waals surface area contributed by atoms with E-state index in [9.17, 15) is 9.18 Å². The summed E-state index contributed by atoms with van der Waals surface area (Å²) in [5, 5.41) is 0.0420. The van der Waals surface area contributed by atoms with E-state index < -0.39 is 5.82 Å². The summed E-state index contributed by atoms with van der Waals surface area (Å²) in [4.78, 5) is 12.4. The highest BCUT2D eigenvalue weighted by atomic mass is 35.5. The van der Waals surface area contributed by atoms with Crippen molar-refractivity contribution in [2.24, 2.45) is 23.7 Å². The molecule has 0 aromatic heterocycles. The number of ether oxygens (including phenoxy) is 1. The minimum absolute atomic E-state index is 0.0420. The smallest absolute Gasteiger partial charge is 0.314 e. The van der Waals surface area contributed by atoms with Crippen LogP contribution >= 0.6 is 11.6 Å². The maximum atomic E-state index is 13.5. The molecule has 0 radical (unpaired) electrons. The van der Waals surface area contributed by atoms with E-state index in [1.54, 1.807) is 6.07 Å². The van der Waals surface area contributed by atoms with Crippen LogP contribution in [0.5, 0.6) is 5.75 Å². The number of benzene rings is 1. The van der Waals surface area contributed by atoms with Crippen LogP contribution in [0, 0.1) is 29.5 Å². The van der Waals surface area contributed by atoms with Gasteiger partial charge in [0.2, 0.25) is 0 Å². The lowest BCUT2D eigenvalue weighted by Crippen LogP contribution is -2.30. The molecule has 2 aliphatic rings. The van der Waals surface area contributed by atoms with Gasteiger partial charge >= 0.3 is 5.97 Å². The van der Waals surface area contributed by atoms with Crippen molar-refractivity contribution in [2.45, 2.75) is 84.0 Å². The third kappa shape index (κ3) is 5.95. The first-order valence-electron chi connectivity index (χ1n) is 11.2. The molecule has 0 heterocycles. The van der Waals surface area contributed by atoms with Crippen molar-refractivity contribution in [1.29, 1.82) is 0 Å². The minimum Gasteiger partial charge on any atom is -0.426 e. The fourth-order valence-corrected chi connectivity index (χ4v) is 5.32. The van der Waals surface area contributed by atoms with Gasteiger partial charge in [-0.1, -0.05) is 57.0 Å². The second kappa shape index (κ2) is 10.6. The van der Waals surface area contributed by atoms with Crippen molar-refractivity contribution < 1.29 is 13.9 Å². The third-order valence-electron chi connectivity index (χ3n) is 6.99. The van der Waals surface area contributed by atoms with Gasteiger partial charge < -0.3 is 4.74 Å². The van der Waals surface area contributed by atoms with E-state index in [4.69, 9.17) is 16.3 Å². The monoisotopic (exact) mass is 408 g/mol. The molecule has 0 N–H and O–H groups in total. The molecule has 2 fully saturated rings. The number of carbonyl (C=O) groups excluding carboxylic acids is 1. The van der Waals surface area contributed by atoms with Gasteiger partial charge in [0.25, 0.3) is 0 Å². The number of halogens is 2. The highest BCUT2D eigenvalue weighted by Gasteiger charge is 2.33. The Morgan fingerprint density at radius 1 is 1.04 bits per heavy atom. The lowest BCUT2D eigenvalue weighted by molar-refractivity contribution is -0.140. The summed E-state index contributed by atoms with van der Waals surface area (Å²) in [5.74, 6) is 1.99. The summed E-state index contributed by atoms with van der Waals surface area (Å²) in [6.07, 6.45) is 15.1. The van der Waals surface area contributed by atoms with Crippen LogP contribution in [0.3, 0.4) is 0 Å². The van der Waals surface area contributed by atoms with Crippen molar-refractivity contribution in [2.75, 3.05) is 0 Å². The molecule has 2 nitrogen and oxygen atoms in total. The summed E-state index contributed by atoms with van der Waals surface area (Å²) >= 11 is 5.68. The van der Waals surface area contributed by atoms with Gasteiger partial charge in [-0.25, -0.2) is 4.39 Å². The first kappa shape index (κ1) is 21.6. The van der Waals surface area contributed by atoms with E-state index in [0.717, 1.165) is 43.4 Å². The first-order valence-corrected chi connectivity index (χ1v) is 11.6. The molecular formula is C24H34ClFO2. The van der Waals surface area contributed by atoms with E-state index in [1.165, 1.54) is 63.5 Å². The van der Waals surface area contributed by atoms with Crippen LogP contribution in [0.25, 0.3) is 0 Å². The van der Waals surface area contributed by atoms with Crippen molar-refractivity contribution in [3.63, 3.8) is 0 Å². The number of esters is 1. The van der Waals surface area contributed by atoms with Gasteiger partial charge in [-0.15, -0.1) is 0 Å². The summed E-state index contributed by atoms with van der Waals surface area (Å²) in [7, 11) is 0. The maximum absolute atomic E-state index is 13.5. The van der Waals surface area contributed by atoms with E-state index in [0.29, 0.717) is 0 Å². The Bertz CT molecular complexity index is 631. The Kier molecular flexibility index (Phi) is 8.20. The Labute approximate surface area is 174 Å². The predicted octanol–water partition coefficient (Wildman–Crippen LogP) is 7.58. The van der Waals surface area contributed by atoms with Crippen LogP contribution < -0.4 is 4.74 Å². The third-order valence-corrected chi connectivity index (χ3v) is 7.30. The summed E-state index contributed by atoms with van der Waals surface area (Å²) in [5.41, 5.74) is 0.